The summed E-state index contributed by atoms with van der Waals surface area (Å²) in [4.78, 5) is 24.6. The fourth-order valence-corrected chi connectivity index (χ4v) is 2.91. The maximum absolute atomic E-state index is 12.0. The minimum absolute atomic E-state index is 0.0691. The van der Waals surface area contributed by atoms with Crippen LogP contribution in [0.2, 0.25) is 0 Å². The number of anilines is 2. The standard InChI is InChI=1S/C20H18N2O3S/c1-14-4-2-5-17(12-14)25-13-19(23)21-15-7-9-16(10-8-15)22-20(24)18-6-3-11-26-18/h2-12H,13H2,1H3,(H,21,23)(H,22,24). The summed E-state index contributed by atoms with van der Waals surface area (Å²) in [7, 11) is 0. The number of aryl methyl sites for hydroxylation is 1. The summed E-state index contributed by atoms with van der Waals surface area (Å²) in [5.74, 6) is 0.261. The predicted octanol–water partition coefficient (Wildman–Crippen LogP) is 4.33. The molecule has 5 nitrogen and oxygen atoms in total. The first kappa shape index (κ1) is 17.7. The largest absolute Gasteiger partial charge is 0.484 e. The maximum Gasteiger partial charge on any atom is 0.265 e. The Morgan fingerprint density at radius 3 is 2.35 bits per heavy atom. The van der Waals surface area contributed by atoms with Crippen LogP contribution in [0.25, 0.3) is 0 Å². The Hall–Kier alpha value is -3.12. The first-order valence-electron chi connectivity index (χ1n) is 8.04. The van der Waals surface area contributed by atoms with Crippen LogP contribution < -0.4 is 15.4 Å². The number of ether oxygens (including phenoxy) is 1. The third-order valence-corrected chi connectivity index (χ3v) is 4.40. The van der Waals surface area contributed by atoms with Gasteiger partial charge in [-0.25, -0.2) is 0 Å². The average molecular weight is 366 g/mol. The van der Waals surface area contributed by atoms with Gasteiger partial charge in [-0.05, 0) is 60.3 Å². The van der Waals surface area contributed by atoms with E-state index in [2.05, 4.69) is 10.6 Å². The van der Waals surface area contributed by atoms with Crippen LogP contribution in [-0.4, -0.2) is 18.4 Å². The molecule has 3 rings (SSSR count). The molecule has 0 aliphatic heterocycles. The van der Waals surface area contributed by atoms with E-state index in [0.29, 0.717) is 22.0 Å². The van der Waals surface area contributed by atoms with E-state index in [1.165, 1.54) is 11.3 Å². The molecule has 0 spiro atoms. The van der Waals surface area contributed by atoms with Gasteiger partial charge >= 0.3 is 0 Å². The number of rotatable bonds is 6. The molecule has 0 radical (unpaired) electrons. The lowest BCUT2D eigenvalue weighted by Gasteiger charge is -2.09. The lowest BCUT2D eigenvalue weighted by Crippen LogP contribution is -2.20. The van der Waals surface area contributed by atoms with Gasteiger partial charge in [0.15, 0.2) is 6.61 Å². The van der Waals surface area contributed by atoms with Gasteiger partial charge in [-0.1, -0.05) is 18.2 Å². The number of hydrogen-bond acceptors (Lipinski definition) is 4. The van der Waals surface area contributed by atoms with Crippen LogP contribution in [0.4, 0.5) is 11.4 Å². The van der Waals surface area contributed by atoms with Crippen LogP contribution >= 0.6 is 11.3 Å². The van der Waals surface area contributed by atoms with E-state index in [4.69, 9.17) is 4.74 Å². The van der Waals surface area contributed by atoms with E-state index in [9.17, 15) is 9.59 Å². The Kier molecular flexibility index (Phi) is 5.66. The van der Waals surface area contributed by atoms with E-state index in [-0.39, 0.29) is 18.4 Å². The molecule has 0 aliphatic carbocycles. The fourth-order valence-electron chi connectivity index (χ4n) is 2.29. The monoisotopic (exact) mass is 366 g/mol. The molecule has 2 N–H and O–H groups in total. The Labute approximate surface area is 155 Å². The number of nitrogens with one attached hydrogen (secondary N) is 2. The Balaban J connectivity index is 1.50. The Morgan fingerprint density at radius 2 is 1.69 bits per heavy atom. The molecule has 1 aromatic heterocycles. The third kappa shape index (κ3) is 4.94. The van der Waals surface area contributed by atoms with Crippen molar-refractivity contribution in [1.82, 2.24) is 0 Å². The Morgan fingerprint density at radius 1 is 0.962 bits per heavy atom. The van der Waals surface area contributed by atoms with Crippen LogP contribution in [0.3, 0.4) is 0 Å². The highest BCUT2D eigenvalue weighted by molar-refractivity contribution is 7.12. The number of hydrogen-bond donors (Lipinski definition) is 2. The molecule has 0 fully saturated rings. The van der Waals surface area contributed by atoms with Gasteiger partial charge in [-0.2, -0.15) is 0 Å². The second-order valence-electron chi connectivity index (χ2n) is 5.66. The van der Waals surface area contributed by atoms with E-state index in [1.54, 1.807) is 30.3 Å². The highest BCUT2D eigenvalue weighted by Crippen LogP contribution is 2.17. The number of carbonyl (C=O) groups is 2. The summed E-state index contributed by atoms with van der Waals surface area (Å²) in [5, 5.41) is 7.42. The molecule has 0 unspecified atom stereocenters. The molecular formula is C20H18N2O3S. The minimum atomic E-state index is -0.248. The van der Waals surface area contributed by atoms with E-state index in [1.807, 2.05) is 42.6 Å². The van der Waals surface area contributed by atoms with Crippen molar-refractivity contribution in [1.29, 1.82) is 0 Å². The summed E-state index contributed by atoms with van der Waals surface area (Å²) in [6.07, 6.45) is 0. The molecule has 6 heteroatoms. The molecule has 2 aromatic carbocycles. The van der Waals surface area contributed by atoms with Crippen LogP contribution in [0.1, 0.15) is 15.2 Å². The molecule has 3 aromatic rings. The van der Waals surface area contributed by atoms with E-state index >= 15 is 0 Å². The predicted molar refractivity (Wildman–Crippen MR) is 104 cm³/mol. The second-order valence-corrected chi connectivity index (χ2v) is 6.61. The summed E-state index contributed by atoms with van der Waals surface area (Å²) < 4.78 is 5.47. The molecule has 26 heavy (non-hydrogen) atoms. The smallest absolute Gasteiger partial charge is 0.265 e. The molecule has 0 bridgehead atoms. The van der Waals surface area contributed by atoms with Gasteiger partial charge in [0.2, 0.25) is 0 Å². The molecular weight excluding hydrogens is 348 g/mol. The summed E-state index contributed by atoms with van der Waals surface area (Å²) in [6, 6.07) is 18.1. The van der Waals surface area contributed by atoms with Crippen LogP contribution in [0, 0.1) is 6.92 Å². The van der Waals surface area contributed by atoms with Crippen LogP contribution in [-0.2, 0) is 4.79 Å². The first-order valence-corrected chi connectivity index (χ1v) is 8.92. The second kappa shape index (κ2) is 8.31. The summed E-state index contributed by atoms with van der Waals surface area (Å²) >= 11 is 1.38. The topological polar surface area (TPSA) is 67.4 Å². The molecule has 1 heterocycles. The minimum Gasteiger partial charge on any atom is -0.484 e. The van der Waals surface area contributed by atoms with Crippen molar-refractivity contribution in [3.05, 3.63) is 76.5 Å². The van der Waals surface area contributed by atoms with Gasteiger partial charge in [0, 0.05) is 11.4 Å². The van der Waals surface area contributed by atoms with Gasteiger partial charge in [0.25, 0.3) is 11.8 Å². The molecule has 0 atom stereocenters. The van der Waals surface area contributed by atoms with Crippen LogP contribution in [0.5, 0.6) is 5.75 Å². The van der Waals surface area contributed by atoms with Crippen molar-refractivity contribution in [3.63, 3.8) is 0 Å². The highest BCUT2D eigenvalue weighted by atomic mass is 32.1. The van der Waals surface area contributed by atoms with Crippen molar-refractivity contribution < 1.29 is 14.3 Å². The van der Waals surface area contributed by atoms with Gasteiger partial charge in [-0.3, -0.25) is 9.59 Å². The lowest BCUT2D eigenvalue weighted by atomic mass is 10.2. The third-order valence-electron chi connectivity index (χ3n) is 3.53. The summed E-state index contributed by atoms with van der Waals surface area (Å²) in [6.45, 7) is 1.89. The molecule has 132 valence electrons. The average Bonchev–Trinajstić information content (AvgIpc) is 3.17. The van der Waals surface area contributed by atoms with Gasteiger partial charge in [-0.15, -0.1) is 11.3 Å². The van der Waals surface area contributed by atoms with Crippen molar-refractivity contribution >= 4 is 34.5 Å². The van der Waals surface area contributed by atoms with Crippen molar-refractivity contribution in [2.75, 3.05) is 17.2 Å². The number of thiophene rings is 1. The van der Waals surface area contributed by atoms with Gasteiger partial charge < -0.3 is 15.4 Å². The van der Waals surface area contributed by atoms with E-state index in [0.717, 1.165) is 5.56 Å². The number of carbonyl (C=O) groups excluding carboxylic acids is 2. The Bertz CT molecular complexity index is 890. The van der Waals surface area contributed by atoms with Gasteiger partial charge in [0.1, 0.15) is 5.75 Å². The first-order chi connectivity index (χ1) is 12.6. The zero-order valence-corrected chi connectivity index (χ0v) is 15.0. The normalized spacial score (nSPS) is 10.2. The number of benzene rings is 2. The fraction of sp³-hybridized carbons (Fsp3) is 0.100. The number of amides is 2. The molecule has 0 saturated carbocycles. The van der Waals surface area contributed by atoms with Crippen molar-refractivity contribution in [2.45, 2.75) is 6.92 Å². The molecule has 0 aliphatic rings. The lowest BCUT2D eigenvalue weighted by molar-refractivity contribution is -0.118. The highest BCUT2D eigenvalue weighted by Gasteiger charge is 2.07. The van der Waals surface area contributed by atoms with Crippen molar-refractivity contribution in [3.8, 4) is 5.75 Å². The van der Waals surface area contributed by atoms with Crippen molar-refractivity contribution in [2.24, 2.45) is 0 Å². The molecule has 0 saturated heterocycles. The zero-order valence-electron chi connectivity index (χ0n) is 14.2. The van der Waals surface area contributed by atoms with E-state index < -0.39 is 0 Å². The summed E-state index contributed by atoms with van der Waals surface area (Å²) in [5.41, 5.74) is 2.37. The SMILES string of the molecule is Cc1cccc(OCC(=O)Nc2ccc(NC(=O)c3cccs3)cc2)c1. The zero-order chi connectivity index (χ0) is 18.4. The van der Waals surface area contributed by atoms with Crippen LogP contribution in [0.15, 0.2) is 66.0 Å². The van der Waals surface area contributed by atoms with Gasteiger partial charge in [0.05, 0.1) is 4.88 Å². The molecule has 2 amide bonds. The maximum atomic E-state index is 12.0. The quantitative estimate of drug-likeness (QED) is 0.682.